The summed E-state index contributed by atoms with van der Waals surface area (Å²) in [6, 6.07) is 3.91. The van der Waals surface area contributed by atoms with E-state index in [0.29, 0.717) is 16.5 Å². The van der Waals surface area contributed by atoms with E-state index in [9.17, 15) is 0 Å². The minimum atomic E-state index is -0.476. The highest BCUT2D eigenvalue weighted by molar-refractivity contribution is 6.64. The van der Waals surface area contributed by atoms with Gasteiger partial charge in [-0.25, -0.2) is 0 Å². The zero-order valence-electron chi connectivity index (χ0n) is 11.9. The van der Waals surface area contributed by atoms with Gasteiger partial charge in [0, 0.05) is 11.6 Å². The molecule has 1 aromatic rings. The van der Waals surface area contributed by atoms with Crippen LogP contribution in [0.15, 0.2) is 12.1 Å². The Morgan fingerprint density at radius 1 is 1.16 bits per heavy atom. The lowest BCUT2D eigenvalue weighted by molar-refractivity contribution is 0.00578. The zero-order chi connectivity index (χ0) is 13.8. The molecule has 1 aliphatic heterocycles. The molecule has 19 heavy (non-hydrogen) atoms. The summed E-state index contributed by atoms with van der Waals surface area (Å²) in [5.74, 6) is 0.596. The van der Waals surface area contributed by atoms with Gasteiger partial charge in [-0.2, -0.15) is 0 Å². The fourth-order valence-corrected chi connectivity index (χ4v) is 2.39. The van der Waals surface area contributed by atoms with Crippen LogP contribution < -0.4 is 5.59 Å². The molecule has 2 fully saturated rings. The van der Waals surface area contributed by atoms with Crippen molar-refractivity contribution < 1.29 is 9.31 Å². The first-order valence-corrected chi connectivity index (χ1v) is 7.20. The van der Waals surface area contributed by atoms with E-state index in [1.165, 1.54) is 12.8 Å². The minimum absolute atomic E-state index is 0.363. The molecule has 0 unspecified atom stereocenters. The summed E-state index contributed by atoms with van der Waals surface area (Å²) in [5, 5.41) is 0.614. The molecule has 0 N–H and O–H groups in total. The maximum Gasteiger partial charge on any atom is 0.516 e. The van der Waals surface area contributed by atoms with E-state index < -0.39 is 7.12 Å². The molecule has 0 spiro atoms. The maximum absolute atomic E-state index is 6.27. The summed E-state index contributed by atoms with van der Waals surface area (Å²) in [6.45, 7) is 8.13. The van der Waals surface area contributed by atoms with Crippen molar-refractivity contribution >= 4 is 24.3 Å². The van der Waals surface area contributed by atoms with Crippen LogP contribution in [0, 0.1) is 0 Å². The van der Waals surface area contributed by atoms with Crippen LogP contribution in [0.2, 0.25) is 5.02 Å². The fraction of sp³-hybridized carbons (Fsp3) is 0.643. The molecule has 1 aromatic heterocycles. The highest BCUT2D eigenvalue weighted by Gasteiger charge is 2.53. The van der Waals surface area contributed by atoms with Crippen LogP contribution in [0.3, 0.4) is 0 Å². The van der Waals surface area contributed by atoms with Crippen molar-refractivity contribution in [3.63, 3.8) is 0 Å². The van der Waals surface area contributed by atoms with E-state index >= 15 is 0 Å². The van der Waals surface area contributed by atoms with Crippen LogP contribution in [0.4, 0.5) is 0 Å². The van der Waals surface area contributed by atoms with Gasteiger partial charge in [-0.1, -0.05) is 11.6 Å². The molecule has 2 heterocycles. The second kappa shape index (κ2) is 4.21. The van der Waals surface area contributed by atoms with E-state index in [1.54, 1.807) is 0 Å². The van der Waals surface area contributed by atoms with Crippen LogP contribution in [0.25, 0.3) is 0 Å². The molecule has 3 nitrogen and oxygen atoms in total. The molecule has 1 aliphatic carbocycles. The van der Waals surface area contributed by atoms with Gasteiger partial charge >= 0.3 is 7.12 Å². The van der Waals surface area contributed by atoms with Crippen molar-refractivity contribution in [2.24, 2.45) is 0 Å². The first kappa shape index (κ1) is 13.4. The lowest BCUT2D eigenvalue weighted by atomic mass is 9.84. The van der Waals surface area contributed by atoms with Crippen molar-refractivity contribution in [3.05, 3.63) is 22.8 Å². The summed E-state index contributed by atoms with van der Waals surface area (Å²) in [7, 11) is -0.476. The van der Waals surface area contributed by atoms with Gasteiger partial charge < -0.3 is 9.31 Å². The number of nitrogens with zero attached hydrogens (tertiary/aromatic N) is 1. The standard InChI is InChI=1S/C14H19BClNO2/c1-13(2)14(3,4)19-15(18-13)12-10(16)7-8-11(17-12)9-5-6-9/h7-9H,5-6H2,1-4H3. The third-order valence-corrected chi connectivity index (χ3v) is 4.69. The maximum atomic E-state index is 6.27. The van der Waals surface area contributed by atoms with Gasteiger partial charge in [0.2, 0.25) is 0 Å². The summed E-state index contributed by atoms with van der Waals surface area (Å²) in [5.41, 5.74) is 1.09. The lowest BCUT2D eigenvalue weighted by Gasteiger charge is -2.32. The topological polar surface area (TPSA) is 31.4 Å². The second-order valence-electron chi connectivity index (χ2n) is 6.47. The third kappa shape index (κ3) is 2.30. The van der Waals surface area contributed by atoms with Crippen LogP contribution in [0.5, 0.6) is 0 Å². The first-order chi connectivity index (χ1) is 8.80. The molecule has 2 aliphatic rings. The normalized spacial score (nSPS) is 24.8. The van der Waals surface area contributed by atoms with Gasteiger partial charge in [-0.15, -0.1) is 0 Å². The monoisotopic (exact) mass is 279 g/mol. The van der Waals surface area contributed by atoms with Crippen LogP contribution in [0.1, 0.15) is 52.1 Å². The van der Waals surface area contributed by atoms with Gasteiger partial charge in [-0.05, 0) is 52.7 Å². The molecule has 5 heteroatoms. The van der Waals surface area contributed by atoms with Crippen molar-refractivity contribution in [3.8, 4) is 0 Å². The summed E-state index contributed by atoms with van der Waals surface area (Å²) in [4.78, 5) is 4.67. The second-order valence-corrected chi connectivity index (χ2v) is 6.87. The zero-order valence-corrected chi connectivity index (χ0v) is 12.6. The summed E-state index contributed by atoms with van der Waals surface area (Å²) >= 11 is 6.27. The summed E-state index contributed by atoms with van der Waals surface area (Å²) in [6.07, 6.45) is 2.44. The SMILES string of the molecule is CC1(C)OB(c2nc(C3CC3)ccc2Cl)OC1(C)C. The number of hydrogen-bond acceptors (Lipinski definition) is 3. The molecule has 0 aromatic carbocycles. The van der Waals surface area contributed by atoms with Crippen molar-refractivity contribution in [1.29, 1.82) is 0 Å². The van der Waals surface area contributed by atoms with Crippen molar-refractivity contribution in [1.82, 2.24) is 4.98 Å². The average molecular weight is 280 g/mol. The predicted octanol–water partition coefficient (Wildman–Crippen LogP) is 2.91. The Kier molecular flexibility index (Phi) is 2.97. The van der Waals surface area contributed by atoms with E-state index in [4.69, 9.17) is 20.9 Å². The van der Waals surface area contributed by atoms with Gasteiger partial charge in [0.15, 0.2) is 0 Å². The van der Waals surface area contributed by atoms with Gasteiger partial charge in [0.25, 0.3) is 0 Å². The van der Waals surface area contributed by atoms with Gasteiger partial charge in [0.05, 0.1) is 21.8 Å². The molecule has 0 atom stereocenters. The van der Waals surface area contributed by atoms with Crippen molar-refractivity contribution in [2.75, 3.05) is 0 Å². The number of aromatic nitrogens is 1. The Labute approximate surface area is 119 Å². The van der Waals surface area contributed by atoms with E-state index in [0.717, 1.165) is 5.69 Å². The summed E-state index contributed by atoms with van der Waals surface area (Å²) < 4.78 is 12.0. The molecule has 1 saturated carbocycles. The lowest BCUT2D eigenvalue weighted by Crippen LogP contribution is -2.41. The van der Waals surface area contributed by atoms with Crippen LogP contribution in [-0.2, 0) is 9.31 Å². The predicted molar refractivity (Wildman–Crippen MR) is 76.9 cm³/mol. The van der Waals surface area contributed by atoms with Crippen LogP contribution in [-0.4, -0.2) is 23.3 Å². The molecule has 0 amide bonds. The Bertz CT molecular complexity index is 498. The number of pyridine rings is 1. The Balaban J connectivity index is 1.92. The first-order valence-electron chi connectivity index (χ1n) is 6.82. The van der Waals surface area contributed by atoms with Crippen LogP contribution >= 0.6 is 11.6 Å². The number of hydrogen-bond donors (Lipinski definition) is 0. The third-order valence-electron chi connectivity index (χ3n) is 4.37. The highest BCUT2D eigenvalue weighted by atomic mass is 35.5. The molecular formula is C14H19BClNO2. The Morgan fingerprint density at radius 2 is 1.74 bits per heavy atom. The molecule has 0 radical (unpaired) electrons. The Hall–Kier alpha value is -0.575. The largest absolute Gasteiger partial charge is 0.516 e. The smallest absolute Gasteiger partial charge is 0.398 e. The average Bonchev–Trinajstić information content (AvgIpc) is 3.08. The highest BCUT2D eigenvalue weighted by Crippen LogP contribution is 2.40. The molecular weight excluding hydrogens is 260 g/mol. The quantitative estimate of drug-likeness (QED) is 0.780. The fourth-order valence-electron chi connectivity index (χ4n) is 2.20. The molecule has 3 rings (SSSR count). The van der Waals surface area contributed by atoms with Gasteiger partial charge in [0.1, 0.15) is 0 Å². The molecule has 102 valence electrons. The van der Waals surface area contributed by atoms with Gasteiger partial charge in [-0.3, -0.25) is 4.98 Å². The molecule has 0 bridgehead atoms. The number of rotatable bonds is 2. The molecule has 1 saturated heterocycles. The van der Waals surface area contributed by atoms with E-state index in [2.05, 4.69) is 4.98 Å². The van der Waals surface area contributed by atoms with E-state index in [-0.39, 0.29) is 11.2 Å². The Morgan fingerprint density at radius 3 is 2.26 bits per heavy atom. The minimum Gasteiger partial charge on any atom is -0.398 e. The van der Waals surface area contributed by atoms with Crippen molar-refractivity contribution in [2.45, 2.75) is 57.7 Å². The van der Waals surface area contributed by atoms with E-state index in [1.807, 2.05) is 39.8 Å². The number of halogens is 1.